The van der Waals surface area contributed by atoms with Crippen LogP contribution in [-0.2, 0) is 0 Å². The lowest BCUT2D eigenvalue weighted by Crippen LogP contribution is -2.43. The van der Waals surface area contributed by atoms with E-state index in [0.29, 0.717) is 0 Å². The first-order valence-electron chi connectivity index (χ1n) is 9.89. The molecule has 1 aliphatic heterocycles. The number of anilines is 1. The van der Waals surface area contributed by atoms with Gasteiger partial charge >= 0.3 is 0 Å². The summed E-state index contributed by atoms with van der Waals surface area (Å²) in [6.45, 7) is 1.88. The molecule has 1 aliphatic rings. The molecule has 29 heavy (non-hydrogen) atoms. The first kappa shape index (κ1) is 19.5. The van der Waals surface area contributed by atoms with Crippen LogP contribution < -0.4 is 15.0 Å². The molecule has 0 radical (unpaired) electrons. The molecule has 1 N–H and O–H groups in total. The SMILES string of the molecule is COc1ccc(N2CCCC(C(NC(=O)c3cccs3)c3ccccn3)C2)cc1. The molecular weight excluding hydrogens is 382 g/mol. The fourth-order valence-corrected chi connectivity index (χ4v) is 4.55. The van der Waals surface area contributed by atoms with Gasteiger partial charge in [-0.3, -0.25) is 9.78 Å². The molecule has 1 saturated heterocycles. The van der Waals surface area contributed by atoms with E-state index in [-0.39, 0.29) is 17.9 Å². The third-order valence-corrected chi connectivity index (χ3v) is 6.27. The lowest BCUT2D eigenvalue weighted by atomic mass is 9.88. The molecule has 0 bridgehead atoms. The van der Waals surface area contributed by atoms with Crippen molar-refractivity contribution in [3.8, 4) is 5.75 Å². The van der Waals surface area contributed by atoms with Crippen molar-refractivity contribution in [3.63, 3.8) is 0 Å². The van der Waals surface area contributed by atoms with Gasteiger partial charge in [-0.2, -0.15) is 0 Å². The summed E-state index contributed by atoms with van der Waals surface area (Å²) in [6, 6.07) is 17.7. The van der Waals surface area contributed by atoms with Crippen LogP contribution in [0.1, 0.15) is 34.2 Å². The summed E-state index contributed by atoms with van der Waals surface area (Å²) >= 11 is 1.46. The number of rotatable bonds is 6. The number of carbonyl (C=O) groups excluding carboxylic acids is 1. The normalized spacial score (nSPS) is 17.6. The maximum absolute atomic E-state index is 12.8. The minimum atomic E-state index is -0.119. The van der Waals surface area contributed by atoms with Crippen molar-refractivity contribution in [1.82, 2.24) is 10.3 Å². The number of hydrogen-bond donors (Lipinski definition) is 1. The molecule has 2 unspecified atom stereocenters. The number of pyridine rings is 1. The fraction of sp³-hybridized carbons (Fsp3) is 0.304. The van der Waals surface area contributed by atoms with Gasteiger partial charge in [0, 0.05) is 30.9 Å². The molecule has 6 heteroatoms. The predicted molar refractivity (Wildman–Crippen MR) is 117 cm³/mol. The number of nitrogens with zero attached hydrogens (tertiary/aromatic N) is 2. The first-order valence-corrected chi connectivity index (χ1v) is 10.8. The largest absolute Gasteiger partial charge is 0.497 e. The first-order chi connectivity index (χ1) is 14.2. The molecule has 2 atom stereocenters. The number of piperidine rings is 1. The van der Waals surface area contributed by atoms with Crippen LogP contribution in [0.2, 0.25) is 0 Å². The fourth-order valence-electron chi connectivity index (χ4n) is 3.92. The van der Waals surface area contributed by atoms with E-state index in [0.717, 1.165) is 42.3 Å². The quantitative estimate of drug-likeness (QED) is 0.652. The molecule has 1 fully saturated rings. The number of amides is 1. The van der Waals surface area contributed by atoms with E-state index >= 15 is 0 Å². The number of thiophene rings is 1. The molecule has 1 amide bonds. The molecule has 0 spiro atoms. The maximum atomic E-state index is 12.8. The van der Waals surface area contributed by atoms with Crippen LogP contribution in [0.4, 0.5) is 5.69 Å². The lowest BCUT2D eigenvalue weighted by molar-refractivity contribution is 0.0920. The third kappa shape index (κ3) is 4.59. The van der Waals surface area contributed by atoms with E-state index in [1.807, 2.05) is 47.8 Å². The van der Waals surface area contributed by atoms with Gasteiger partial charge in [-0.25, -0.2) is 0 Å². The summed E-state index contributed by atoms with van der Waals surface area (Å²) in [5.41, 5.74) is 2.10. The summed E-state index contributed by atoms with van der Waals surface area (Å²) in [7, 11) is 1.68. The van der Waals surface area contributed by atoms with Crippen LogP contribution in [0.5, 0.6) is 5.75 Å². The molecule has 3 heterocycles. The smallest absolute Gasteiger partial charge is 0.261 e. The second-order valence-corrected chi connectivity index (χ2v) is 8.18. The van der Waals surface area contributed by atoms with Gasteiger partial charge < -0.3 is 15.0 Å². The highest BCUT2D eigenvalue weighted by molar-refractivity contribution is 7.12. The lowest BCUT2D eigenvalue weighted by Gasteiger charge is -2.38. The number of methoxy groups -OCH3 is 1. The molecule has 3 aromatic rings. The Kier molecular flexibility index (Phi) is 6.10. The van der Waals surface area contributed by atoms with Gasteiger partial charge in [-0.05, 0) is 60.7 Å². The van der Waals surface area contributed by atoms with Crippen molar-refractivity contribution in [2.24, 2.45) is 5.92 Å². The van der Waals surface area contributed by atoms with Crippen LogP contribution in [0.15, 0.2) is 66.2 Å². The monoisotopic (exact) mass is 407 g/mol. The van der Waals surface area contributed by atoms with E-state index in [4.69, 9.17) is 4.74 Å². The Morgan fingerprint density at radius 1 is 1.21 bits per heavy atom. The zero-order chi connectivity index (χ0) is 20.1. The number of ether oxygens (including phenoxy) is 1. The Balaban J connectivity index is 1.55. The second kappa shape index (κ2) is 9.09. The van der Waals surface area contributed by atoms with Crippen LogP contribution >= 0.6 is 11.3 Å². The van der Waals surface area contributed by atoms with Gasteiger partial charge in [-0.1, -0.05) is 12.1 Å². The molecule has 5 nitrogen and oxygen atoms in total. The van der Waals surface area contributed by atoms with Crippen molar-refractivity contribution >= 4 is 22.9 Å². The van der Waals surface area contributed by atoms with Gasteiger partial charge in [0.1, 0.15) is 5.75 Å². The molecule has 0 saturated carbocycles. The van der Waals surface area contributed by atoms with Crippen molar-refractivity contribution in [1.29, 1.82) is 0 Å². The second-order valence-electron chi connectivity index (χ2n) is 7.23. The summed E-state index contributed by atoms with van der Waals surface area (Å²) < 4.78 is 5.28. The van der Waals surface area contributed by atoms with E-state index in [1.165, 1.54) is 17.0 Å². The Morgan fingerprint density at radius 3 is 2.76 bits per heavy atom. The standard InChI is InChI=1S/C23H25N3O2S/c1-28-19-11-9-18(10-12-19)26-14-4-6-17(16-26)22(20-7-2-3-13-24-20)25-23(27)21-8-5-15-29-21/h2-3,5,7-13,15,17,22H,4,6,14,16H2,1H3,(H,25,27). The van der Waals surface area contributed by atoms with E-state index in [9.17, 15) is 4.79 Å². The Morgan fingerprint density at radius 2 is 2.07 bits per heavy atom. The van der Waals surface area contributed by atoms with Gasteiger partial charge in [0.2, 0.25) is 0 Å². The van der Waals surface area contributed by atoms with E-state index in [2.05, 4.69) is 27.3 Å². The highest BCUT2D eigenvalue weighted by Crippen LogP contribution is 2.32. The Labute approximate surface area is 175 Å². The van der Waals surface area contributed by atoms with Crippen LogP contribution in [0.3, 0.4) is 0 Å². The summed E-state index contributed by atoms with van der Waals surface area (Å²) in [5, 5.41) is 5.19. The minimum Gasteiger partial charge on any atom is -0.497 e. The predicted octanol–water partition coefficient (Wildman–Crippen LogP) is 4.54. The number of carbonyl (C=O) groups is 1. The van der Waals surface area contributed by atoms with E-state index in [1.54, 1.807) is 13.3 Å². The summed E-state index contributed by atoms with van der Waals surface area (Å²) in [4.78, 5) is 20.5. The van der Waals surface area contributed by atoms with Gasteiger partial charge in [0.25, 0.3) is 5.91 Å². The van der Waals surface area contributed by atoms with Crippen LogP contribution in [0.25, 0.3) is 0 Å². The maximum Gasteiger partial charge on any atom is 0.261 e. The summed E-state index contributed by atoms with van der Waals surface area (Å²) in [5.74, 6) is 1.11. The van der Waals surface area contributed by atoms with Crippen LogP contribution in [0, 0.1) is 5.92 Å². The zero-order valence-electron chi connectivity index (χ0n) is 16.5. The molecule has 150 valence electrons. The number of nitrogens with one attached hydrogen (secondary N) is 1. The molecule has 1 aromatic carbocycles. The Hall–Kier alpha value is -2.86. The molecule has 4 rings (SSSR count). The number of aromatic nitrogens is 1. The zero-order valence-corrected chi connectivity index (χ0v) is 17.3. The average Bonchev–Trinajstić information content (AvgIpc) is 3.33. The van der Waals surface area contributed by atoms with Crippen molar-refractivity contribution < 1.29 is 9.53 Å². The Bertz CT molecular complexity index is 913. The van der Waals surface area contributed by atoms with Crippen LogP contribution in [-0.4, -0.2) is 31.1 Å². The van der Waals surface area contributed by atoms with Crippen molar-refractivity contribution in [3.05, 3.63) is 76.7 Å². The average molecular weight is 408 g/mol. The topological polar surface area (TPSA) is 54.5 Å². The highest BCUT2D eigenvalue weighted by atomic mass is 32.1. The summed E-state index contributed by atoms with van der Waals surface area (Å²) in [6.07, 6.45) is 3.93. The van der Waals surface area contributed by atoms with Gasteiger partial charge in [0.05, 0.1) is 23.7 Å². The highest BCUT2D eigenvalue weighted by Gasteiger charge is 2.31. The van der Waals surface area contributed by atoms with E-state index < -0.39 is 0 Å². The molecule has 2 aromatic heterocycles. The van der Waals surface area contributed by atoms with Crippen molar-refractivity contribution in [2.75, 3.05) is 25.1 Å². The van der Waals surface area contributed by atoms with Gasteiger partial charge in [0.15, 0.2) is 0 Å². The van der Waals surface area contributed by atoms with Gasteiger partial charge in [-0.15, -0.1) is 11.3 Å². The third-order valence-electron chi connectivity index (χ3n) is 5.40. The number of hydrogen-bond acceptors (Lipinski definition) is 5. The van der Waals surface area contributed by atoms with Crippen molar-refractivity contribution in [2.45, 2.75) is 18.9 Å². The number of benzene rings is 1. The molecular formula is C23H25N3O2S. The molecule has 0 aliphatic carbocycles. The minimum absolute atomic E-state index is 0.0303.